The number of carbonyl (C=O) groups excluding carboxylic acids is 1. The summed E-state index contributed by atoms with van der Waals surface area (Å²) < 4.78 is 5.82. The number of ketones is 1. The highest BCUT2D eigenvalue weighted by atomic mass is 35.5. The van der Waals surface area contributed by atoms with E-state index in [4.69, 9.17) is 27.1 Å². The van der Waals surface area contributed by atoms with Crippen molar-refractivity contribution in [2.75, 3.05) is 6.54 Å². The van der Waals surface area contributed by atoms with Crippen molar-refractivity contribution >= 4 is 23.3 Å². The van der Waals surface area contributed by atoms with Crippen molar-refractivity contribution in [2.45, 2.75) is 50.2 Å². The summed E-state index contributed by atoms with van der Waals surface area (Å²) in [7, 11) is 0. The van der Waals surface area contributed by atoms with Gasteiger partial charge in [-0.05, 0) is 44.7 Å². The van der Waals surface area contributed by atoms with Crippen LogP contribution in [0, 0.1) is 0 Å². The van der Waals surface area contributed by atoms with Gasteiger partial charge in [0.2, 0.25) is 5.78 Å². The summed E-state index contributed by atoms with van der Waals surface area (Å²) in [6.45, 7) is 0.658. The number of ether oxygens (including phenoxy) is 1. The number of nitrogens with zero attached hydrogens (tertiary/aromatic N) is 1. The summed E-state index contributed by atoms with van der Waals surface area (Å²) in [5.74, 6) is 0.729. The van der Waals surface area contributed by atoms with Crippen LogP contribution >= 0.6 is 11.6 Å². The molecule has 0 radical (unpaired) electrons. The molecule has 1 aromatic rings. The fourth-order valence-corrected chi connectivity index (χ4v) is 3.64. The van der Waals surface area contributed by atoms with Crippen LogP contribution in [-0.4, -0.2) is 24.3 Å². The van der Waals surface area contributed by atoms with Gasteiger partial charge in [-0.1, -0.05) is 29.8 Å². The number of aliphatic imine (C=N–C) groups is 1. The quantitative estimate of drug-likeness (QED) is 0.847. The Morgan fingerprint density at radius 2 is 2.18 bits per heavy atom. The molecular weight excluding hydrogens is 300 g/mol. The van der Waals surface area contributed by atoms with Gasteiger partial charge >= 0.3 is 0 Å². The SMILES string of the molecule is NCCCCC1=N[C@]2(c3ccccc3Cl)CCC[C@H](O1)C2=O. The first-order chi connectivity index (χ1) is 10.7. The van der Waals surface area contributed by atoms with Crippen molar-refractivity contribution in [3.05, 3.63) is 34.9 Å². The van der Waals surface area contributed by atoms with Crippen LogP contribution in [0.1, 0.15) is 44.1 Å². The number of hydrogen-bond acceptors (Lipinski definition) is 4. The molecule has 1 aliphatic heterocycles. The van der Waals surface area contributed by atoms with Crippen LogP contribution in [0.4, 0.5) is 0 Å². The van der Waals surface area contributed by atoms with Crippen LogP contribution in [0.15, 0.2) is 29.3 Å². The zero-order valence-corrected chi connectivity index (χ0v) is 13.3. The third-order valence-electron chi connectivity index (χ3n) is 4.46. The Bertz CT molecular complexity index is 602. The van der Waals surface area contributed by atoms with Crippen molar-refractivity contribution in [1.82, 2.24) is 0 Å². The summed E-state index contributed by atoms with van der Waals surface area (Å²) in [5, 5.41) is 0.600. The van der Waals surface area contributed by atoms with E-state index in [1.54, 1.807) is 0 Å². The molecule has 2 bridgehead atoms. The fourth-order valence-electron chi connectivity index (χ4n) is 3.35. The number of unbranched alkanes of at least 4 members (excludes halogenated alkanes) is 1. The molecule has 5 heteroatoms. The lowest BCUT2D eigenvalue weighted by molar-refractivity contribution is -0.137. The molecule has 0 spiro atoms. The summed E-state index contributed by atoms with van der Waals surface area (Å²) in [4.78, 5) is 17.6. The van der Waals surface area contributed by atoms with E-state index >= 15 is 0 Å². The lowest BCUT2D eigenvalue weighted by Crippen LogP contribution is -2.51. The third kappa shape index (κ3) is 2.66. The number of benzene rings is 1. The van der Waals surface area contributed by atoms with Crippen LogP contribution in [0.3, 0.4) is 0 Å². The summed E-state index contributed by atoms with van der Waals surface area (Å²) in [6, 6.07) is 7.51. The highest BCUT2D eigenvalue weighted by Crippen LogP contribution is 2.44. The van der Waals surface area contributed by atoms with Gasteiger partial charge in [-0.25, -0.2) is 4.99 Å². The largest absolute Gasteiger partial charge is 0.470 e. The molecule has 2 aliphatic rings. The Morgan fingerprint density at radius 1 is 1.36 bits per heavy atom. The standard InChI is InChI=1S/C17H21ClN2O2/c18-13-7-2-1-6-12(13)17-10-5-8-14(16(17)21)22-15(20-17)9-3-4-11-19/h1-2,6-7,14H,3-5,8-11,19H2/t14-,17-/m0/s1. The maximum atomic E-state index is 12.8. The average Bonchev–Trinajstić information content (AvgIpc) is 2.49. The Labute approximate surface area is 135 Å². The molecule has 22 heavy (non-hydrogen) atoms. The molecule has 0 unspecified atom stereocenters. The molecule has 3 rings (SSSR count). The average molecular weight is 321 g/mol. The number of carbonyl (C=O) groups is 1. The zero-order chi connectivity index (χ0) is 15.6. The van der Waals surface area contributed by atoms with Crippen LogP contribution in [0.25, 0.3) is 0 Å². The van der Waals surface area contributed by atoms with Crippen molar-refractivity contribution in [1.29, 1.82) is 0 Å². The van der Waals surface area contributed by atoms with Gasteiger partial charge in [0.25, 0.3) is 0 Å². The van der Waals surface area contributed by atoms with Gasteiger partial charge in [0.15, 0.2) is 17.5 Å². The summed E-state index contributed by atoms with van der Waals surface area (Å²) in [6.07, 6.45) is 4.59. The number of hydrogen-bond donors (Lipinski definition) is 1. The Balaban J connectivity index is 1.99. The highest BCUT2D eigenvalue weighted by Gasteiger charge is 2.51. The zero-order valence-electron chi connectivity index (χ0n) is 12.6. The van der Waals surface area contributed by atoms with E-state index < -0.39 is 5.54 Å². The highest BCUT2D eigenvalue weighted by molar-refractivity contribution is 6.32. The first-order valence-electron chi connectivity index (χ1n) is 7.92. The number of Topliss-reactive ketones (excluding diaryl/α,β-unsaturated/α-hetero) is 1. The van der Waals surface area contributed by atoms with Gasteiger partial charge in [0, 0.05) is 17.0 Å². The topological polar surface area (TPSA) is 64.7 Å². The summed E-state index contributed by atoms with van der Waals surface area (Å²) in [5.41, 5.74) is 5.50. The smallest absolute Gasteiger partial charge is 0.205 e. The molecule has 4 nitrogen and oxygen atoms in total. The van der Waals surface area contributed by atoms with Gasteiger partial charge < -0.3 is 10.5 Å². The fraction of sp³-hybridized carbons (Fsp3) is 0.529. The first kappa shape index (κ1) is 15.5. The normalized spacial score (nSPS) is 27.3. The number of fused-ring (bicyclic) bond motifs is 2. The summed E-state index contributed by atoms with van der Waals surface area (Å²) >= 11 is 6.36. The molecule has 0 amide bonds. The van der Waals surface area contributed by atoms with Crippen molar-refractivity contribution in [3.8, 4) is 0 Å². The van der Waals surface area contributed by atoms with E-state index in [1.165, 1.54) is 0 Å². The van der Waals surface area contributed by atoms with Crippen LogP contribution in [0.5, 0.6) is 0 Å². The van der Waals surface area contributed by atoms with E-state index in [9.17, 15) is 4.79 Å². The van der Waals surface area contributed by atoms with Crippen LogP contribution in [-0.2, 0) is 15.1 Å². The Hall–Kier alpha value is -1.39. The second-order valence-corrected chi connectivity index (χ2v) is 6.36. The van der Waals surface area contributed by atoms with Gasteiger partial charge in [0.1, 0.15) is 0 Å². The van der Waals surface area contributed by atoms with Crippen molar-refractivity contribution in [3.63, 3.8) is 0 Å². The molecule has 0 aromatic heterocycles. The minimum absolute atomic E-state index is 0.0504. The molecule has 1 saturated carbocycles. The third-order valence-corrected chi connectivity index (χ3v) is 4.79. The van der Waals surface area contributed by atoms with Gasteiger partial charge in [-0.3, -0.25) is 4.79 Å². The predicted molar refractivity (Wildman–Crippen MR) is 87.2 cm³/mol. The molecule has 2 atom stereocenters. The minimum Gasteiger partial charge on any atom is -0.470 e. The molecule has 1 aliphatic carbocycles. The minimum atomic E-state index is -0.850. The lowest BCUT2D eigenvalue weighted by Gasteiger charge is -2.41. The lowest BCUT2D eigenvalue weighted by atomic mass is 9.74. The van der Waals surface area contributed by atoms with E-state index in [0.29, 0.717) is 23.9 Å². The first-order valence-corrected chi connectivity index (χ1v) is 8.30. The van der Waals surface area contributed by atoms with Gasteiger partial charge in [0.05, 0.1) is 0 Å². The maximum Gasteiger partial charge on any atom is 0.205 e. The second kappa shape index (κ2) is 6.39. The van der Waals surface area contributed by atoms with E-state index in [2.05, 4.69) is 0 Å². The van der Waals surface area contributed by atoms with E-state index in [0.717, 1.165) is 37.7 Å². The molecular formula is C17H21ClN2O2. The number of rotatable bonds is 5. The Morgan fingerprint density at radius 3 is 2.95 bits per heavy atom. The second-order valence-electron chi connectivity index (χ2n) is 5.95. The molecule has 1 aromatic carbocycles. The van der Waals surface area contributed by atoms with Gasteiger partial charge in [-0.2, -0.15) is 0 Å². The van der Waals surface area contributed by atoms with Gasteiger partial charge in [-0.15, -0.1) is 0 Å². The number of halogens is 1. The molecule has 1 heterocycles. The Kier molecular flexibility index (Phi) is 4.50. The molecule has 118 valence electrons. The van der Waals surface area contributed by atoms with Crippen LogP contribution < -0.4 is 5.73 Å². The maximum absolute atomic E-state index is 12.8. The van der Waals surface area contributed by atoms with Crippen molar-refractivity contribution in [2.24, 2.45) is 10.7 Å². The van der Waals surface area contributed by atoms with Crippen molar-refractivity contribution < 1.29 is 9.53 Å². The van der Waals surface area contributed by atoms with Crippen LogP contribution in [0.2, 0.25) is 5.02 Å². The van der Waals surface area contributed by atoms with E-state index in [1.807, 2.05) is 24.3 Å². The molecule has 2 N–H and O–H groups in total. The molecule has 1 fully saturated rings. The monoisotopic (exact) mass is 320 g/mol. The predicted octanol–water partition coefficient (Wildman–Crippen LogP) is 3.21. The van der Waals surface area contributed by atoms with E-state index in [-0.39, 0.29) is 11.9 Å². The number of nitrogens with two attached hydrogens (primary N) is 1. The molecule has 0 saturated heterocycles.